The Morgan fingerprint density at radius 3 is 2.35 bits per heavy atom. The van der Waals surface area contributed by atoms with Gasteiger partial charge in [-0.2, -0.15) is 0 Å². The molecule has 3 N–H and O–H groups in total. The maximum absolute atomic E-state index is 13.7. The topological polar surface area (TPSA) is 101 Å². The Morgan fingerprint density at radius 2 is 1.81 bits per heavy atom. The number of hydrogen-bond donors (Lipinski definition) is 2. The first-order valence-electron chi connectivity index (χ1n) is 8.56. The first-order chi connectivity index (χ1) is 12.3. The zero-order valence-electron chi connectivity index (χ0n) is 14.4. The molecule has 0 aromatic heterocycles. The van der Waals surface area contributed by atoms with E-state index in [1.54, 1.807) is 4.31 Å². The van der Waals surface area contributed by atoms with Crippen molar-refractivity contribution in [2.45, 2.75) is 43.4 Å². The number of piperidine rings is 1. The summed E-state index contributed by atoms with van der Waals surface area (Å²) in [6, 6.07) is 3.09. The van der Waals surface area contributed by atoms with Crippen LogP contribution in [0.2, 0.25) is 0 Å². The van der Waals surface area contributed by atoms with E-state index in [1.165, 1.54) is 6.07 Å². The van der Waals surface area contributed by atoms with E-state index < -0.39 is 21.7 Å². The summed E-state index contributed by atoms with van der Waals surface area (Å²) >= 11 is 0. The highest BCUT2D eigenvalue weighted by Gasteiger charge is 2.41. The van der Waals surface area contributed by atoms with Crippen LogP contribution >= 0.6 is 0 Å². The van der Waals surface area contributed by atoms with Crippen LogP contribution in [0, 0.1) is 17.6 Å². The molecule has 1 aliphatic heterocycles. The predicted octanol–water partition coefficient (Wildman–Crippen LogP) is 1.74. The van der Waals surface area contributed by atoms with Gasteiger partial charge >= 0.3 is 0 Å². The fraction of sp³-hybridized carbons (Fsp3) is 0.588. The molecule has 1 heterocycles. The summed E-state index contributed by atoms with van der Waals surface area (Å²) in [5.41, 5.74) is 6.45. The van der Waals surface area contributed by atoms with Crippen molar-refractivity contribution in [3.05, 3.63) is 35.4 Å². The Morgan fingerprint density at radius 1 is 1.23 bits per heavy atom. The molecule has 26 heavy (non-hydrogen) atoms. The molecular weight excluding hydrogens is 366 g/mol. The average molecular weight is 390 g/mol. The van der Waals surface area contributed by atoms with Gasteiger partial charge in [-0.25, -0.2) is 21.5 Å². The Bertz CT molecular complexity index is 717. The number of carboxylic acid groups (broad SMARTS) is 1. The minimum absolute atomic E-state index is 0.128. The number of sulfonamides is 1. The molecule has 0 radical (unpaired) electrons. The van der Waals surface area contributed by atoms with Crippen LogP contribution in [0.1, 0.15) is 31.2 Å². The Kier molecular flexibility index (Phi) is 7.08. The number of benzene rings is 1. The third-order valence-electron chi connectivity index (χ3n) is 4.87. The van der Waals surface area contributed by atoms with E-state index in [-0.39, 0.29) is 35.7 Å². The summed E-state index contributed by atoms with van der Waals surface area (Å²) in [7, 11) is -3.13. The molecule has 146 valence electrons. The fourth-order valence-corrected chi connectivity index (χ4v) is 5.13. The zero-order valence-corrected chi connectivity index (χ0v) is 15.2. The van der Waals surface area contributed by atoms with Crippen LogP contribution in [-0.4, -0.2) is 48.7 Å². The van der Waals surface area contributed by atoms with Gasteiger partial charge in [-0.3, -0.25) is 4.79 Å². The van der Waals surface area contributed by atoms with E-state index in [4.69, 9.17) is 15.6 Å². The second-order valence-electron chi connectivity index (χ2n) is 6.69. The molecule has 1 aliphatic carbocycles. The highest BCUT2D eigenvalue weighted by atomic mass is 32.2. The minimum Gasteiger partial charge on any atom is -0.483 e. The van der Waals surface area contributed by atoms with Crippen LogP contribution in [0.5, 0.6) is 0 Å². The highest BCUT2D eigenvalue weighted by molar-refractivity contribution is 7.90. The average Bonchev–Trinajstić information content (AvgIpc) is 3.44. The minimum atomic E-state index is -3.13. The molecule has 3 rings (SSSR count). The monoisotopic (exact) mass is 390 g/mol. The Hall–Kier alpha value is -1.58. The van der Waals surface area contributed by atoms with Crippen molar-refractivity contribution in [2.24, 2.45) is 11.7 Å². The first-order valence-corrected chi connectivity index (χ1v) is 10.1. The lowest BCUT2D eigenvalue weighted by Crippen LogP contribution is -2.45. The summed E-state index contributed by atoms with van der Waals surface area (Å²) in [4.78, 5) is 8.36. The second-order valence-corrected chi connectivity index (χ2v) is 8.90. The van der Waals surface area contributed by atoms with Crippen LogP contribution in [0.3, 0.4) is 0 Å². The van der Waals surface area contributed by atoms with Gasteiger partial charge in [0.2, 0.25) is 10.0 Å². The van der Waals surface area contributed by atoms with E-state index in [0.717, 1.165) is 25.0 Å². The van der Waals surface area contributed by atoms with Crippen LogP contribution < -0.4 is 5.73 Å². The van der Waals surface area contributed by atoms with Gasteiger partial charge in [0.25, 0.3) is 6.47 Å². The number of nitrogens with zero attached hydrogens (tertiary/aromatic N) is 1. The van der Waals surface area contributed by atoms with E-state index in [2.05, 4.69) is 0 Å². The molecule has 0 spiro atoms. The molecule has 1 unspecified atom stereocenters. The van der Waals surface area contributed by atoms with Gasteiger partial charge in [0.15, 0.2) is 0 Å². The third kappa shape index (κ3) is 5.21. The van der Waals surface area contributed by atoms with Gasteiger partial charge in [-0.15, -0.1) is 0 Å². The lowest BCUT2D eigenvalue weighted by molar-refractivity contribution is -0.122. The predicted molar refractivity (Wildman–Crippen MR) is 93.0 cm³/mol. The van der Waals surface area contributed by atoms with Gasteiger partial charge in [-0.1, -0.05) is 0 Å². The summed E-state index contributed by atoms with van der Waals surface area (Å²) in [5, 5.41) is 6.70. The van der Waals surface area contributed by atoms with Crippen LogP contribution in [0.15, 0.2) is 18.2 Å². The van der Waals surface area contributed by atoms with E-state index in [9.17, 15) is 17.2 Å². The maximum Gasteiger partial charge on any atom is 0.290 e. The highest BCUT2D eigenvalue weighted by Crippen LogP contribution is 2.33. The molecule has 1 aromatic rings. The smallest absolute Gasteiger partial charge is 0.290 e. The van der Waals surface area contributed by atoms with Gasteiger partial charge in [0, 0.05) is 19.1 Å². The normalized spacial score (nSPS) is 20.1. The molecule has 1 aromatic carbocycles. The van der Waals surface area contributed by atoms with Crippen LogP contribution in [-0.2, 0) is 21.2 Å². The summed E-state index contributed by atoms with van der Waals surface area (Å²) in [6.07, 6.45) is 3.14. The van der Waals surface area contributed by atoms with Crippen molar-refractivity contribution in [2.75, 3.05) is 13.1 Å². The number of nitrogens with two attached hydrogens (primary N) is 1. The number of rotatable bonds is 5. The molecule has 0 bridgehead atoms. The second kappa shape index (κ2) is 8.88. The van der Waals surface area contributed by atoms with E-state index in [0.29, 0.717) is 25.9 Å². The Labute approximate surface area is 152 Å². The maximum atomic E-state index is 13.7. The van der Waals surface area contributed by atoms with Crippen molar-refractivity contribution in [3.63, 3.8) is 0 Å². The molecule has 2 fully saturated rings. The van der Waals surface area contributed by atoms with Crippen molar-refractivity contribution in [1.29, 1.82) is 0 Å². The number of halogens is 2. The standard InChI is InChI=1S/C16H22F2N2O2S.CH2O2/c17-13-1-4-15(18)12(9-13)10-16(19)11-5-7-20(8-6-11)23(21,22)14-2-3-14;2-1-3/h1,4,9,11,14,16H,2-3,5-8,10,19H2;1H,(H,2,3). The number of hydrogen-bond acceptors (Lipinski definition) is 4. The van der Waals surface area contributed by atoms with Gasteiger partial charge in [0.1, 0.15) is 11.6 Å². The van der Waals surface area contributed by atoms with Crippen molar-refractivity contribution < 1.29 is 27.1 Å². The molecule has 6 nitrogen and oxygen atoms in total. The SMILES string of the molecule is NC(Cc1cc(F)ccc1F)C1CCN(S(=O)(=O)C2CC2)CC1.O=CO. The lowest BCUT2D eigenvalue weighted by Gasteiger charge is -2.34. The molecule has 1 saturated carbocycles. The zero-order chi connectivity index (χ0) is 19.3. The molecule has 2 aliphatic rings. The fourth-order valence-electron chi connectivity index (χ4n) is 3.26. The third-order valence-corrected chi connectivity index (χ3v) is 7.27. The molecule has 1 atom stereocenters. The summed E-state index contributed by atoms with van der Waals surface area (Å²) < 4.78 is 52.9. The van der Waals surface area contributed by atoms with Crippen molar-refractivity contribution >= 4 is 16.5 Å². The Balaban J connectivity index is 0.000000758. The van der Waals surface area contributed by atoms with Crippen LogP contribution in [0.25, 0.3) is 0 Å². The van der Waals surface area contributed by atoms with Crippen molar-refractivity contribution in [1.82, 2.24) is 4.31 Å². The largest absolute Gasteiger partial charge is 0.483 e. The van der Waals surface area contributed by atoms with E-state index >= 15 is 0 Å². The quantitative estimate of drug-likeness (QED) is 0.746. The summed E-state index contributed by atoms with van der Waals surface area (Å²) in [6.45, 7) is 0.700. The summed E-state index contributed by atoms with van der Waals surface area (Å²) in [5.74, 6) is -0.794. The first kappa shape index (κ1) is 20.7. The van der Waals surface area contributed by atoms with Crippen LogP contribution in [0.4, 0.5) is 8.78 Å². The molecule has 1 saturated heterocycles. The van der Waals surface area contributed by atoms with Gasteiger partial charge in [0.05, 0.1) is 5.25 Å². The lowest BCUT2D eigenvalue weighted by atomic mass is 9.87. The van der Waals surface area contributed by atoms with E-state index in [1.807, 2.05) is 0 Å². The van der Waals surface area contributed by atoms with Gasteiger partial charge < -0.3 is 10.8 Å². The molecule has 0 amide bonds. The van der Waals surface area contributed by atoms with Gasteiger partial charge in [-0.05, 0) is 61.8 Å². The van der Waals surface area contributed by atoms with Crippen molar-refractivity contribution in [3.8, 4) is 0 Å². The molecular formula is C17H24F2N2O4S. The number of carbonyl (C=O) groups is 1. The molecule has 9 heteroatoms.